The Kier molecular flexibility index (Phi) is 5.85. The van der Waals surface area contributed by atoms with Crippen molar-refractivity contribution < 1.29 is 17.9 Å². The Morgan fingerprint density at radius 1 is 0.958 bits per heavy atom. The molecule has 0 aromatic heterocycles. The maximum atomic E-state index is 13.0. The molecule has 0 N–H and O–H groups in total. The van der Waals surface area contributed by atoms with Gasteiger partial charge in [0.1, 0.15) is 0 Å². The van der Waals surface area contributed by atoms with E-state index in [1.165, 1.54) is 30.7 Å². The molecule has 130 valence electrons. The van der Waals surface area contributed by atoms with Gasteiger partial charge in [-0.05, 0) is 37.3 Å². The van der Waals surface area contributed by atoms with Gasteiger partial charge in [-0.1, -0.05) is 23.2 Å². The fourth-order valence-corrected chi connectivity index (χ4v) is 4.27. The SMILES string of the molecule is CCN(c1cc(Cl)cc(Cl)c1)S(=O)(=O)c1ccc(OC)c(OC)c1. The highest BCUT2D eigenvalue weighted by Crippen LogP contribution is 2.33. The molecule has 0 saturated heterocycles. The molecule has 2 rings (SSSR count). The number of anilines is 1. The quantitative estimate of drug-likeness (QED) is 0.741. The zero-order valence-corrected chi connectivity index (χ0v) is 15.7. The van der Waals surface area contributed by atoms with E-state index in [-0.39, 0.29) is 11.4 Å². The van der Waals surface area contributed by atoms with Gasteiger partial charge in [-0.2, -0.15) is 0 Å². The van der Waals surface area contributed by atoms with E-state index in [9.17, 15) is 8.42 Å². The standard InChI is InChI=1S/C16H17Cl2NO4S/c1-4-19(13-8-11(17)7-12(18)9-13)24(20,21)14-5-6-15(22-2)16(10-14)23-3/h5-10H,4H2,1-3H3. The van der Waals surface area contributed by atoms with Crippen molar-refractivity contribution in [3.63, 3.8) is 0 Å². The first-order valence-corrected chi connectivity index (χ1v) is 9.24. The van der Waals surface area contributed by atoms with Crippen LogP contribution in [0.15, 0.2) is 41.3 Å². The van der Waals surface area contributed by atoms with E-state index in [1.54, 1.807) is 31.2 Å². The molecule has 0 aliphatic heterocycles. The lowest BCUT2D eigenvalue weighted by atomic mass is 10.3. The predicted octanol–water partition coefficient (Wildman–Crippen LogP) is 4.23. The summed E-state index contributed by atoms with van der Waals surface area (Å²) in [5.74, 6) is 0.782. The molecule has 0 aliphatic rings. The monoisotopic (exact) mass is 389 g/mol. The zero-order chi connectivity index (χ0) is 17.9. The third-order valence-corrected chi connectivity index (χ3v) is 5.70. The Hall–Kier alpha value is -1.63. The molecule has 0 radical (unpaired) electrons. The molecular weight excluding hydrogens is 373 g/mol. The highest BCUT2D eigenvalue weighted by molar-refractivity contribution is 7.92. The number of hydrogen-bond acceptors (Lipinski definition) is 4. The van der Waals surface area contributed by atoms with Crippen LogP contribution >= 0.6 is 23.2 Å². The molecule has 2 aromatic carbocycles. The largest absolute Gasteiger partial charge is 0.493 e. The predicted molar refractivity (Wildman–Crippen MR) is 96.2 cm³/mol. The number of benzene rings is 2. The molecule has 0 aliphatic carbocycles. The van der Waals surface area contributed by atoms with Gasteiger partial charge in [0.15, 0.2) is 11.5 Å². The molecule has 0 saturated carbocycles. The molecule has 5 nitrogen and oxygen atoms in total. The molecule has 0 fully saturated rings. The van der Waals surface area contributed by atoms with Crippen LogP contribution in [-0.2, 0) is 10.0 Å². The Balaban J connectivity index is 2.54. The lowest BCUT2D eigenvalue weighted by molar-refractivity contribution is 0.354. The van der Waals surface area contributed by atoms with E-state index >= 15 is 0 Å². The van der Waals surface area contributed by atoms with Gasteiger partial charge in [-0.3, -0.25) is 4.31 Å². The fourth-order valence-electron chi connectivity index (χ4n) is 2.28. The van der Waals surface area contributed by atoms with Crippen LogP contribution in [-0.4, -0.2) is 29.2 Å². The normalized spacial score (nSPS) is 11.2. The van der Waals surface area contributed by atoms with Gasteiger partial charge < -0.3 is 9.47 Å². The van der Waals surface area contributed by atoms with Gasteiger partial charge in [0.2, 0.25) is 0 Å². The van der Waals surface area contributed by atoms with Crippen molar-refractivity contribution in [2.75, 3.05) is 25.1 Å². The van der Waals surface area contributed by atoms with E-state index in [2.05, 4.69) is 0 Å². The maximum absolute atomic E-state index is 13.0. The minimum Gasteiger partial charge on any atom is -0.493 e. The molecule has 8 heteroatoms. The molecule has 0 atom stereocenters. The van der Waals surface area contributed by atoms with Crippen LogP contribution in [0.5, 0.6) is 11.5 Å². The molecule has 0 bridgehead atoms. The number of methoxy groups -OCH3 is 2. The minimum atomic E-state index is -3.81. The number of ether oxygens (including phenoxy) is 2. The van der Waals surface area contributed by atoms with Gasteiger partial charge in [0, 0.05) is 22.7 Å². The first-order chi connectivity index (χ1) is 11.3. The van der Waals surface area contributed by atoms with E-state index in [0.717, 1.165) is 0 Å². The summed E-state index contributed by atoms with van der Waals surface area (Å²) in [7, 11) is -0.883. The lowest BCUT2D eigenvalue weighted by Crippen LogP contribution is -2.30. The van der Waals surface area contributed by atoms with Crippen LogP contribution in [0, 0.1) is 0 Å². The van der Waals surface area contributed by atoms with Gasteiger partial charge in [0.05, 0.1) is 24.8 Å². The van der Waals surface area contributed by atoms with Crippen LogP contribution < -0.4 is 13.8 Å². The molecule has 0 amide bonds. The average Bonchev–Trinajstić information content (AvgIpc) is 2.53. The highest BCUT2D eigenvalue weighted by Gasteiger charge is 2.25. The van der Waals surface area contributed by atoms with Crippen molar-refractivity contribution >= 4 is 38.9 Å². The van der Waals surface area contributed by atoms with Crippen LogP contribution in [0.1, 0.15) is 6.92 Å². The second kappa shape index (κ2) is 7.51. The van der Waals surface area contributed by atoms with Crippen molar-refractivity contribution in [2.24, 2.45) is 0 Å². The third-order valence-electron chi connectivity index (χ3n) is 3.37. The third kappa shape index (κ3) is 3.71. The van der Waals surface area contributed by atoms with Crippen molar-refractivity contribution in [2.45, 2.75) is 11.8 Å². The summed E-state index contributed by atoms with van der Waals surface area (Å²) in [4.78, 5) is 0.0816. The molecule has 0 spiro atoms. The molecule has 0 unspecified atom stereocenters. The number of rotatable bonds is 6. The summed E-state index contributed by atoms with van der Waals surface area (Å²) in [6.07, 6.45) is 0. The van der Waals surface area contributed by atoms with E-state index < -0.39 is 10.0 Å². The van der Waals surface area contributed by atoms with Crippen molar-refractivity contribution in [1.29, 1.82) is 0 Å². The lowest BCUT2D eigenvalue weighted by Gasteiger charge is -2.23. The van der Waals surface area contributed by atoms with Gasteiger partial charge >= 0.3 is 0 Å². The van der Waals surface area contributed by atoms with Crippen LogP contribution in [0.2, 0.25) is 10.0 Å². The summed E-state index contributed by atoms with van der Waals surface area (Å²) < 4.78 is 37.5. The smallest absolute Gasteiger partial charge is 0.264 e. The maximum Gasteiger partial charge on any atom is 0.264 e. The summed E-state index contributed by atoms with van der Waals surface area (Å²) in [5.41, 5.74) is 0.393. The average molecular weight is 390 g/mol. The summed E-state index contributed by atoms with van der Waals surface area (Å²) in [6, 6.07) is 9.08. The van der Waals surface area contributed by atoms with E-state index in [1.807, 2.05) is 0 Å². The van der Waals surface area contributed by atoms with Crippen molar-refractivity contribution in [3.05, 3.63) is 46.4 Å². The van der Waals surface area contributed by atoms with Crippen LogP contribution in [0.25, 0.3) is 0 Å². The second-order valence-corrected chi connectivity index (χ2v) is 7.55. The summed E-state index contributed by atoms with van der Waals surface area (Å²) in [5, 5.41) is 0.719. The molecule has 24 heavy (non-hydrogen) atoms. The first-order valence-electron chi connectivity index (χ1n) is 7.04. The Morgan fingerprint density at radius 2 is 1.54 bits per heavy atom. The summed E-state index contributed by atoms with van der Waals surface area (Å²) >= 11 is 12.0. The van der Waals surface area contributed by atoms with Crippen molar-refractivity contribution in [3.8, 4) is 11.5 Å². The van der Waals surface area contributed by atoms with Crippen LogP contribution in [0.4, 0.5) is 5.69 Å². The fraction of sp³-hybridized carbons (Fsp3) is 0.250. The minimum absolute atomic E-state index is 0.0816. The summed E-state index contributed by atoms with van der Waals surface area (Å²) in [6.45, 7) is 1.94. The molecule has 2 aromatic rings. The number of halogens is 2. The van der Waals surface area contributed by atoms with Gasteiger partial charge in [-0.15, -0.1) is 0 Å². The Labute approximate surface area is 151 Å². The molecular formula is C16H17Cl2NO4S. The number of nitrogens with zero attached hydrogens (tertiary/aromatic N) is 1. The van der Waals surface area contributed by atoms with Gasteiger partial charge in [-0.25, -0.2) is 8.42 Å². The van der Waals surface area contributed by atoms with E-state index in [0.29, 0.717) is 27.2 Å². The highest BCUT2D eigenvalue weighted by atomic mass is 35.5. The number of sulfonamides is 1. The second-order valence-electron chi connectivity index (χ2n) is 4.81. The Bertz CT molecular complexity index is 820. The van der Waals surface area contributed by atoms with Crippen molar-refractivity contribution in [1.82, 2.24) is 0 Å². The topological polar surface area (TPSA) is 55.8 Å². The van der Waals surface area contributed by atoms with Gasteiger partial charge in [0.25, 0.3) is 10.0 Å². The van der Waals surface area contributed by atoms with E-state index in [4.69, 9.17) is 32.7 Å². The number of hydrogen-bond donors (Lipinski definition) is 0. The molecule has 0 heterocycles. The van der Waals surface area contributed by atoms with Crippen LogP contribution in [0.3, 0.4) is 0 Å². The Morgan fingerprint density at radius 3 is 2.04 bits per heavy atom. The zero-order valence-electron chi connectivity index (χ0n) is 13.4. The first kappa shape index (κ1) is 18.7.